The molecule has 24 heavy (non-hydrogen) atoms. The third-order valence-corrected chi connectivity index (χ3v) is 4.89. The Bertz CT molecular complexity index is 528. The molecule has 134 valence electrons. The molecule has 0 saturated carbocycles. The van der Waals surface area contributed by atoms with Gasteiger partial charge in [-0.25, -0.2) is 4.79 Å². The Kier molecular flexibility index (Phi) is 5.40. The van der Waals surface area contributed by atoms with E-state index in [0.717, 1.165) is 37.8 Å². The highest BCUT2D eigenvalue weighted by Gasteiger charge is 2.33. The molecule has 2 atom stereocenters. The van der Waals surface area contributed by atoms with Crippen LogP contribution in [-0.2, 0) is 9.47 Å². The number of aromatic nitrogens is 2. The molecule has 2 N–H and O–H groups in total. The number of rotatable bonds is 5. The zero-order valence-electron chi connectivity index (χ0n) is 14.6. The molecule has 0 unspecified atom stereocenters. The van der Waals surface area contributed by atoms with Crippen LogP contribution < -0.4 is 5.32 Å². The third kappa shape index (κ3) is 4.08. The number of nitrogens with one attached hydrogen (secondary N) is 2. The monoisotopic (exact) mass is 336 g/mol. The number of likely N-dealkylation sites (tertiary alicyclic amines) is 1. The Hall–Kier alpha value is -1.60. The molecule has 1 aromatic heterocycles. The highest BCUT2D eigenvalue weighted by atomic mass is 16.7. The lowest BCUT2D eigenvalue weighted by Gasteiger charge is -2.35. The number of H-pyrrole nitrogens is 1. The molecule has 7 heteroatoms. The molecule has 2 aliphatic heterocycles. The van der Waals surface area contributed by atoms with E-state index in [-0.39, 0.29) is 18.0 Å². The van der Waals surface area contributed by atoms with Crippen molar-refractivity contribution in [1.29, 1.82) is 0 Å². The normalized spacial score (nSPS) is 24.8. The summed E-state index contributed by atoms with van der Waals surface area (Å²) in [5.41, 5.74) is 1.08. The van der Waals surface area contributed by atoms with Gasteiger partial charge in [-0.05, 0) is 32.1 Å². The first kappa shape index (κ1) is 17.2. The maximum absolute atomic E-state index is 12.6. The summed E-state index contributed by atoms with van der Waals surface area (Å²) < 4.78 is 11.3. The fourth-order valence-corrected chi connectivity index (χ4v) is 3.71. The van der Waals surface area contributed by atoms with E-state index < -0.39 is 5.79 Å². The summed E-state index contributed by atoms with van der Waals surface area (Å²) in [6.45, 7) is 6.79. The second-order valence-electron chi connectivity index (χ2n) is 7.06. The Morgan fingerprint density at radius 3 is 3.00 bits per heavy atom. The summed E-state index contributed by atoms with van der Waals surface area (Å²) in [5.74, 6) is -0.219. The van der Waals surface area contributed by atoms with Crippen LogP contribution in [0.2, 0.25) is 0 Å². The van der Waals surface area contributed by atoms with Gasteiger partial charge >= 0.3 is 6.03 Å². The summed E-state index contributed by atoms with van der Waals surface area (Å²) in [5, 5.41) is 9.94. The molecule has 3 rings (SSSR count). The Labute approximate surface area is 143 Å². The Morgan fingerprint density at radius 1 is 1.50 bits per heavy atom. The second-order valence-corrected chi connectivity index (χ2v) is 7.06. The summed E-state index contributed by atoms with van der Waals surface area (Å²) in [7, 11) is 0. The maximum atomic E-state index is 12.6. The van der Waals surface area contributed by atoms with E-state index in [2.05, 4.69) is 22.4 Å². The summed E-state index contributed by atoms with van der Waals surface area (Å²) in [4.78, 5) is 14.6. The average molecular weight is 336 g/mol. The summed E-state index contributed by atoms with van der Waals surface area (Å²) in [6, 6.07) is 0.123. The molecule has 2 saturated heterocycles. The van der Waals surface area contributed by atoms with Crippen molar-refractivity contribution < 1.29 is 14.3 Å². The van der Waals surface area contributed by atoms with Crippen LogP contribution in [0.25, 0.3) is 0 Å². The first-order chi connectivity index (χ1) is 11.6. The first-order valence-corrected chi connectivity index (χ1v) is 8.88. The minimum absolute atomic E-state index is 0.00571. The second kappa shape index (κ2) is 7.53. The largest absolute Gasteiger partial charge is 0.348 e. The molecule has 2 aliphatic rings. The highest BCUT2D eigenvalue weighted by molar-refractivity contribution is 5.74. The van der Waals surface area contributed by atoms with Crippen molar-refractivity contribution in [2.24, 2.45) is 5.92 Å². The number of carbonyl (C=O) groups excluding carboxylic acids is 1. The number of aromatic amines is 1. The highest BCUT2D eigenvalue weighted by Crippen LogP contribution is 2.30. The van der Waals surface area contributed by atoms with E-state index in [1.54, 1.807) is 0 Å². The Balaban J connectivity index is 1.51. The summed E-state index contributed by atoms with van der Waals surface area (Å²) >= 11 is 0. The van der Waals surface area contributed by atoms with Gasteiger partial charge in [-0.3, -0.25) is 5.10 Å². The molecule has 0 spiro atoms. The third-order valence-electron chi connectivity index (χ3n) is 4.89. The molecule has 0 bridgehead atoms. The SMILES string of the molecule is C[C@@H](CNC(=O)N1CCCC[C@H]1c1cn[nH]c1)CC1(C)OCCO1. The fraction of sp³-hybridized carbons (Fsp3) is 0.765. The zero-order valence-corrected chi connectivity index (χ0v) is 14.6. The summed E-state index contributed by atoms with van der Waals surface area (Å²) in [6.07, 6.45) is 7.66. The topological polar surface area (TPSA) is 79.5 Å². The molecule has 0 radical (unpaired) electrons. The number of carbonyl (C=O) groups is 1. The van der Waals surface area contributed by atoms with E-state index in [1.807, 2.05) is 24.2 Å². The average Bonchev–Trinajstić information content (AvgIpc) is 3.24. The predicted octanol–water partition coefficient (Wildman–Crippen LogP) is 2.44. The number of ether oxygens (including phenoxy) is 2. The van der Waals surface area contributed by atoms with Crippen LogP contribution in [0, 0.1) is 5.92 Å². The van der Waals surface area contributed by atoms with Crippen LogP contribution in [0.15, 0.2) is 12.4 Å². The minimum atomic E-state index is -0.505. The van der Waals surface area contributed by atoms with E-state index in [0.29, 0.717) is 19.8 Å². The van der Waals surface area contributed by atoms with Gasteiger partial charge in [0.2, 0.25) is 0 Å². The molecular weight excluding hydrogens is 308 g/mol. The van der Waals surface area contributed by atoms with E-state index in [1.165, 1.54) is 0 Å². The van der Waals surface area contributed by atoms with Crippen molar-refractivity contribution >= 4 is 6.03 Å². The van der Waals surface area contributed by atoms with Crippen LogP contribution in [0.5, 0.6) is 0 Å². The standard InChI is InChI=1S/C17H28N4O3/c1-13(9-17(2)23-7-8-24-17)10-18-16(22)21-6-4-3-5-15(21)14-11-19-20-12-14/h11-13,15H,3-10H2,1-2H3,(H,18,22)(H,19,20)/t13-,15+/m1/s1. The molecular formula is C17H28N4O3. The van der Waals surface area contributed by atoms with Crippen molar-refractivity contribution in [3.05, 3.63) is 18.0 Å². The number of urea groups is 1. The van der Waals surface area contributed by atoms with Crippen LogP contribution in [0.4, 0.5) is 4.79 Å². The van der Waals surface area contributed by atoms with Crippen molar-refractivity contribution in [2.75, 3.05) is 26.3 Å². The molecule has 7 nitrogen and oxygen atoms in total. The van der Waals surface area contributed by atoms with E-state index >= 15 is 0 Å². The van der Waals surface area contributed by atoms with Gasteiger partial charge in [0.1, 0.15) is 0 Å². The molecule has 2 amide bonds. The number of nitrogens with zero attached hydrogens (tertiary/aromatic N) is 2. The van der Waals surface area contributed by atoms with Crippen molar-refractivity contribution in [3.8, 4) is 0 Å². The Morgan fingerprint density at radius 2 is 2.29 bits per heavy atom. The number of hydrogen-bond acceptors (Lipinski definition) is 4. The van der Waals surface area contributed by atoms with Crippen molar-refractivity contribution in [3.63, 3.8) is 0 Å². The van der Waals surface area contributed by atoms with E-state index in [4.69, 9.17) is 9.47 Å². The number of piperidine rings is 1. The molecule has 2 fully saturated rings. The lowest BCUT2D eigenvalue weighted by molar-refractivity contribution is -0.153. The van der Waals surface area contributed by atoms with Gasteiger partial charge < -0.3 is 19.7 Å². The van der Waals surface area contributed by atoms with Gasteiger partial charge in [0.25, 0.3) is 0 Å². The van der Waals surface area contributed by atoms with Crippen LogP contribution >= 0.6 is 0 Å². The molecule has 0 aliphatic carbocycles. The first-order valence-electron chi connectivity index (χ1n) is 8.88. The van der Waals surface area contributed by atoms with Gasteiger partial charge in [0, 0.05) is 31.3 Å². The van der Waals surface area contributed by atoms with Gasteiger partial charge in [-0.2, -0.15) is 5.10 Å². The lowest BCUT2D eigenvalue weighted by Crippen LogP contribution is -2.46. The molecule has 0 aromatic carbocycles. The molecule has 3 heterocycles. The van der Waals surface area contributed by atoms with Gasteiger partial charge in [-0.1, -0.05) is 6.92 Å². The fourth-order valence-electron chi connectivity index (χ4n) is 3.71. The minimum Gasteiger partial charge on any atom is -0.348 e. The van der Waals surface area contributed by atoms with Gasteiger partial charge in [0.05, 0.1) is 25.5 Å². The van der Waals surface area contributed by atoms with Crippen molar-refractivity contribution in [1.82, 2.24) is 20.4 Å². The maximum Gasteiger partial charge on any atom is 0.317 e. The van der Waals surface area contributed by atoms with Crippen molar-refractivity contribution in [2.45, 2.75) is 51.4 Å². The zero-order chi connectivity index (χ0) is 17.0. The lowest BCUT2D eigenvalue weighted by atomic mass is 9.98. The predicted molar refractivity (Wildman–Crippen MR) is 89.4 cm³/mol. The van der Waals surface area contributed by atoms with Gasteiger partial charge in [0.15, 0.2) is 5.79 Å². The van der Waals surface area contributed by atoms with Crippen LogP contribution in [0.3, 0.4) is 0 Å². The van der Waals surface area contributed by atoms with E-state index in [9.17, 15) is 4.79 Å². The van der Waals surface area contributed by atoms with Crippen LogP contribution in [-0.4, -0.2) is 53.2 Å². The smallest absolute Gasteiger partial charge is 0.317 e. The number of amides is 2. The number of hydrogen-bond donors (Lipinski definition) is 2. The molecule has 1 aromatic rings. The quantitative estimate of drug-likeness (QED) is 0.865. The van der Waals surface area contributed by atoms with Crippen LogP contribution in [0.1, 0.15) is 51.1 Å². The van der Waals surface area contributed by atoms with Gasteiger partial charge in [-0.15, -0.1) is 0 Å².